The first kappa shape index (κ1) is 19.8. The fourth-order valence-corrected chi connectivity index (χ4v) is 3.98. The lowest BCUT2D eigenvalue weighted by Gasteiger charge is -2.20. The normalized spacial score (nSPS) is 13.6. The molecule has 146 valence electrons. The molecule has 0 fully saturated rings. The Balaban J connectivity index is 1.78. The summed E-state index contributed by atoms with van der Waals surface area (Å²) in [5.74, 6) is -0.964. The second kappa shape index (κ2) is 8.37. The molecular formula is C20H19FN2O4S. The maximum absolute atomic E-state index is 13.8. The van der Waals surface area contributed by atoms with Crippen LogP contribution in [-0.2, 0) is 14.8 Å². The van der Waals surface area contributed by atoms with Crippen molar-refractivity contribution in [1.82, 2.24) is 10.0 Å². The van der Waals surface area contributed by atoms with Gasteiger partial charge in [0.2, 0.25) is 15.9 Å². The van der Waals surface area contributed by atoms with E-state index >= 15 is 0 Å². The van der Waals surface area contributed by atoms with Crippen molar-refractivity contribution in [1.29, 1.82) is 0 Å². The summed E-state index contributed by atoms with van der Waals surface area (Å²) in [6.45, 7) is 1.39. The summed E-state index contributed by atoms with van der Waals surface area (Å²) in [7, 11) is -4.20. The maximum atomic E-state index is 13.8. The molecule has 1 heterocycles. The molecule has 0 saturated heterocycles. The third-order valence-corrected chi connectivity index (χ3v) is 5.67. The molecule has 3 aromatic rings. The first-order chi connectivity index (χ1) is 13.4. The average Bonchev–Trinajstić information content (AvgIpc) is 3.21. The van der Waals surface area contributed by atoms with Crippen molar-refractivity contribution in [2.45, 2.75) is 23.9 Å². The van der Waals surface area contributed by atoms with Gasteiger partial charge < -0.3 is 9.73 Å². The fraction of sp³-hybridized carbons (Fsp3) is 0.150. The molecule has 2 atom stereocenters. The monoisotopic (exact) mass is 402 g/mol. The van der Waals surface area contributed by atoms with Crippen LogP contribution in [0.3, 0.4) is 0 Å². The second-order valence-corrected chi connectivity index (χ2v) is 7.82. The van der Waals surface area contributed by atoms with Gasteiger partial charge in [-0.15, -0.1) is 0 Å². The van der Waals surface area contributed by atoms with Crippen LogP contribution in [0.1, 0.15) is 24.3 Å². The van der Waals surface area contributed by atoms with Crippen molar-refractivity contribution in [2.75, 3.05) is 0 Å². The van der Waals surface area contributed by atoms with E-state index in [1.165, 1.54) is 25.3 Å². The van der Waals surface area contributed by atoms with E-state index in [0.29, 0.717) is 5.76 Å². The number of halogens is 1. The molecule has 0 aliphatic rings. The molecule has 0 bridgehead atoms. The number of nitrogens with one attached hydrogen (secondary N) is 2. The lowest BCUT2D eigenvalue weighted by atomic mass is 10.0. The van der Waals surface area contributed by atoms with E-state index in [-0.39, 0.29) is 0 Å². The molecule has 0 saturated carbocycles. The molecule has 0 aliphatic carbocycles. The van der Waals surface area contributed by atoms with Crippen molar-refractivity contribution in [2.24, 2.45) is 0 Å². The van der Waals surface area contributed by atoms with Gasteiger partial charge in [-0.25, -0.2) is 12.8 Å². The molecule has 0 spiro atoms. The van der Waals surface area contributed by atoms with Gasteiger partial charge in [-0.3, -0.25) is 4.79 Å². The lowest BCUT2D eigenvalue weighted by molar-refractivity contribution is -0.122. The zero-order chi connectivity index (χ0) is 20.1. The number of hydrogen-bond donors (Lipinski definition) is 2. The zero-order valence-corrected chi connectivity index (χ0v) is 15.8. The van der Waals surface area contributed by atoms with Crippen molar-refractivity contribution >= 4 is 15.9 Å². The minimum absolute atomic E-state index is 0.503. The van der Waals surface area contributed by atoms with Gasteiger partial charge in [-0.1, -0.05) is 42.5 Å². The second-order valence-electron chi connectivity index (χ2n) is 6.14. The summed E-state index contributed by atoms with van der Waals surface area (Å²) in [5.41, 5.74) is 0.773. The van der Waals surface area contributed by atoms with Crippen LogP contribution in [0.15, 0.2) is 82.3 Å². The van der Waals surface area contributed by atoms with Crippen LogP contribution in [0.25, 0.3) is 0 Å². The number of benzene rings is 2. The molecule has 6 nitrogen and oxygen atoms in total. The molecule has 1 unspecified atom stereocenters. The third-order valence-electron chi connectivity index (χ3n) is 4.10. The first-order valence-electron chi connectivity index (χ1n) is 8.54. The molecule has 1 amide bonds. The van der Waals surface area contributed by atoms with E-state index in [0.717, 1.165) is 17.7 Å². The highest BCUT2D eigenvalue weighted by atomic mass is 32.2. The van der Waals surface area contributed by atoms with Crippen molar-refractivity contribution in [3.8, 4) is 0 Å². The Hall–Kier alpha value is -2.97. The van der Waals surface area contributed by atoms with E-state index in [1.807, 2.05) is 30.3 Å². The van der Waals surface area contributed by atoms with Gasteiger partial charge in [0.15, 0.2) is 0 Å². The number of hydrogen-bond acceptors (Lipinski definition) is 4. The van der Waals surface area contributed by atoms with Crippen molar-refractivity contribution < 1.29 is 22.0 Å². The third kappa shape index (κ3) is 4.47. The largest absolute Gasteiger partial charge is 0.467 e. The maximum Gasteiger partial charge on any atom is 0.244 e. The van der Waals surface area contributed by atoms with Crippen LogP contribution in [0.4, 0.5) is 4.39 Å². The Labute approximate surface area is 162 Å². The molecule has 28 heavy (non-hydrogen) atoms. The van der Waals surface area contributed by atoms with Gasteiger partial charge >= 0.3 is 0 Å². The molecule has 2 N–H and O–H groups in total. The van der Waals surface area contributed by atoms with Gasteiger partial charge in [-0.2, -0.15) is 4.72 Å². The van der Waals surface area contributed by atoms with Crippen LogP contribution in [-0.4, -0.2) is 20.4 Å². The predicted octanol–water partition coefficient (Wildman–Crippen LogP) is 2.99. The average molecular weight is 402 g/mol. The number of furan rings is 1. The van der Waals surface area contributed by atoms with Crippen LogP contribution < -0.4 is 10.0 Å². The highest BCUT2D eigenvalue weighted by Gasteiger charge is 2.27. The van der Waals surface area contributed by atoms with Gasteiger partial charge in [0, 0.05) is 0 Å². The van der Waals surface area contributed by atoms with Crippen LogP contribution >= 0.6 is 0 Å². The minimum atomic E-state index is -4.20. The SMILES string of the molecule is C[C@H](NS(=O)(=O)c1ccccc1F)C(=O)NC(c1ccccc1)c1ccco1. The van der Waals surface area contributed by atoms with Gasteiger partial charge in [-0.05, 0) is 36.8 Å². The van der Waals surface area contributed by atoms with Crippen LogP contribution in [0.5, 0.6) is 0 Å². The Kier molecular flexibility index (Phi) is 5.91. The minimum Gasteiger partial charge on any atom is -0.467 e. The van der Waals surface area contributed by atoms with Gasteiger partial charge in [0.25, 0.3) is 0 Å². The zero-order valence-electron chi connectivity index (χ0n) is 15.0. The number of rotatable bonds is 7. The molecule has 2 aromatic carbocycles. The first-order valence-corrected chi connectivity index (χ1v) is 10.0. The Bertz CT molecular complexity index is 1040. The quantitative estimate of drug-likeness (QED) is 0.636. The lowest BCUT2D eigenvalue weighted by Crippen LogP contribution is -2.46. The van der Waals surface area contributed by atoms with E-state index in [1.54, 1.807) is 12.1 Å². The molecule has 1 aromatic heterocycles. The van der Waals surface area contributed by atoms with Gasteiger partial charge in [0.1, 0.15) is 22.5 Å². The standard InChI is InChI=1S/C20H19FN2O4S/c1-14(23-28(25,26)18-12-6-5-10-16(18)21)20(24)22-19(17-11-7-13-27-17)15-8-3-2-4-9-15/h2-14,19,23H,1H3,(H,22,24)/t14-,19?/m0/s1. The predicted molar refractivity (Wildman–Crippen MR) is 101 cm³/mol. The summed E-state index contributed by atoms with van der Waals surface area (Å²) < 4.78 is 46.2. The smallest absolute Gasteiger partial charge is 0.244 e. The van der Waals surface area contributed by atoms with Crippen molar-refractivity contribution in [3.63, 3.8) is 0 Å². The molecular weight excluding hydrogens is 383 g/mol. The number of carbonyl (C=O) groups is 1. The van der Waals surface area contributed by atoms with E-state index in [4.69, 9.17) is 4.42 Å². The number of amides is 1. The summed E-state index contributed by atoms with van der Waals surface area (Å²) in [5, 5.41) is 2.77. The Morgan fingerprint density at radius 3 is 2.32 bits per heavy atom. The summed E-state index contributed by atoms with van der Waals surface area (Å²) in [6, 6.07) is 15.8. The Morgan fingerprint density at radius 1 is 1.00 bits per heavy atom. The number of carbonyl (C=O) groups excluding carboxylic acids is 1. The van der Waals surface area contributed by atoms with Crippen molar-refractivity contribution in [3.05, 3.63) is 90.1 Å². The van der Waals surface area contributed by atoms with Gasteiger partial charge in [0.05, 0.1) is 12.3 Å². The number of sulfonamides is 1. The molecule has 8 heteroatoms. The summed E-state index contributed by atoms with van der Waals surface area (Å²) in [4.78, 5) is 12.1. The fourth-order valence-electron chi connectivity index (χ4n) is 2.70. The Morgan fingerprint density at radius 2 is 1.68 bits per heavy atom. The van der Waals surface area contributed by atoms with E-state index in [9.17, 15) is 17.6 Å². The topological polar surface area (TPSA) is 88.4 Å². The van der Waals surface area contributed by atoms with Crippen LogP contribution in [0.2, 0.25) is 0 Å². The summed E-state index contributed by atoms with van der Waals surface area (Å²) in [6.07, 6.45) is 1.49. The van der Waals surface area contributed by atoms with E-state index in [2.05, 4.69) is 10.0 Å². The molecule has 3 rings (SSSR count). The van der Waals surface area contributed by atoms with Crippen LogP contribution in [0, 0.1) is 5.82 Å². The highest BCUT2D eigenvalue weighted by Crippen LogP contribution is 2.22. The highest BCUT2D eigenvalue weighted by molar-refractivity contribution is 7.89. The van der Waals surface area contributed by atoms with E-state index < -0.39 is 38.7 Å². The molecule has 0 radical (unpaired) electrons. The summed E-state index contributed by atoms with van der Waals surface area (Å²) >= 11 is 0. The molecule has 0 aliphatic heterocycles.